The van der Waals surface area contributed by atoms with Gasteiger partial charge in [0.1, 0.15) is 0 Å². The second kappa shape index (κ2) is 10.0. The molecule has 0 saturated heterocycles. The van der Waals surface area contributed by atoms with Crippen LogP contribution >= 0.6 is 11.8 Å². The number of rotatable bonds is 7. The lowest BCUT2D eigenvalue weighted by molar-refractivity contribution is -0.119. The number of primary sulfonamides is 1. The predicted octanol–water partition coefficient (Wildman–Crippen LogP) is 2.73. The van der Waals surface area contributed by atoms with Crippen LogP contribution in [-0.4, -0.2) is 41.2 Å². The van der Waals surface area contributed by atoms with Crippen molar-refractivity contribution in [3.63, 3.8) is 0 Å². The van der Waals surface area contributed by atoms with Crippen LogP contribution in [0.4, 0.5) is 4.79 Å². The van der Waals surface area contributed by atoms with Gasteiger partial charge in [-0.1, -0.05) is 37.9 Å². The molecule has 0 aliphatic heterocycles. The SMILES string of the molecule is CCCn1c(SC(C)C(=O)NC(=O)NC2CCCCC2)nc2cc(S(N)(=O)=O)ccc21. The van der Waals surface area contributed by atoms with E-state index in [0.29, 0.717) is 17.2 Å². The van der Waals surface area contributed by atoms with Gasteiger partial charge in [0.15, 0.2) is 5.16 Å². The van der Waals surface area contributed by atoms with Gasteiger partial charge in [0.05, 0.1) is 21.2 Å². The molecule has 1 aromatic carbocycles. The maximum absolute atomic E-state index is 12.5. The molecule has 1 unspecified atom stereocenters. The smallest absolute Gasteiger partial charge is 0.321 e. The highest BCUT2D eigenvalue weighted by molar-refractivity contribution is 8.00. The molecule has 31 heavy (non-hydrogen) atoms. The van der Waals surface area contributed by atoms with Crippen molar-refractivity contribution in [3.05, 3.63) is 18.2 Å². The summed E-state index contributed by atoms with van der Waals surface area (Å²) in [6.45, 7) is 4.38. The molecule has 3 rings (SSSR count). The van der Waals surface area contributed by atoms with Gasteiger partial charge < -0.3 is 9.88 Å². The number of hydrogen-bond acceptors (Lipinski definition) is 6. The summed E-state index contributed by atoms with van der Waals surface area (Å²) < 4.78 is 25.3. The summed E-state index contributed by atoms with van der Waals surface area (Å²) in [6.07, 6.45) is 6.07. The van der Waals surface area contributed by atoms with Crippen LogP contribution in [0.2, 0.25) is 0 Å². The minimum atomic E-state index is -3.84. The number of nitrogens with two attached hydrogens (primary N) is 1. The maximum atomic E-state index is 12.5. The lowest BCUT2D eigenvalue weighted by Gasteiger charge is -2.23. The van der Waals surface area contributed by atoms with E-state index < -0.39 is 27.2 Å². The van der Waals surface area contributed by atoms with Crippen molar-refractivity contribution in [3.8, 4) is 0 Å². The number of carbonyl (C=O) groups is 2. The Balaban J connectivity index is 1.72. The molecule has 1 aliphatic rings. The van der Waals surface area contributed by atoms with Gasteiger partial charge in [-0.05, 0) is 44.4 Å². The van der Waals surface area contributed by atoms with Crippen LogP contribution in [0.1, 0.15) is 52.4 Å². The number of nitrogens with one attached hydrogen (secondary N) is 2. The molecule has 1 heterocycles. The third-order valence-electron chi connectivity index (χ3n) is 5.29. The minimum absolute atomic E-state index is 0.0112. The summed E-state index contributed by atoms with van der Waals surface area (Å²) in [7, 11) is -3.84. The first-order valence-electron chi connectivity index (χ1n) is 10.5. The van der Waals surface area contributed by atoms with E-state index in [1.807, 2.05) is 11.5 Å². The van der Waals surface area contributed by atoms with Gasteiger partial charge in [0, 0.05) is 12.6 Å². The average molecular weight is 468 g/mol. The molecule has 170 valence electrons. The fourth-order valence-electron chi connectivity index (χ4n) is 3.69. The van der Waals surface area contributed by atoms with E-state index in [4.69, 9.17) is 5.14 Å². The van der Waals surface area contributed by atoms with Gasteiger partial charge in [-0.3, -0.25) is 10.1 Å². The van der Waals surface area contributed by atoms with E-state index in [0.717, 1.165) is 37.6 Å². The van der Waals surface area contributed by atoms with Gasteiger partial charge in [-0.2, -0.15) is 0 Å². The molecule has 1 aromatic heterocycles. The second-order valence-corrected chi connectivity index (χ2v) is 10.7. The van der Waals surface area contributed by atoms with Gasteiger partial charge in [-0.25, -0.2) is 23.3 Å². The molecular weight excluding hydrogens is 438 g/mol. The monoisotopic (exact) mass is 467 g/mol. The Morgan fingerprint density at radius 3 is 2.65 bits per heavy atom. The van der Waals surface area contributed by atoms with E-state index in [2.05, 4.69) is 15.6 Å². The number of imide groups is 1. The largest absolute Gasteiger partial charge is 0.335 e. The number of amides is 3. The van der Waals surface area contributed by atoms with Crippen molar-refractivity contribution >= 4 is 44.8 Å². The van der Waals surface area contributed by atoms with Crippen LogP contribution in [0.3, 0.4) is 0 Å². The normalized spacial score (nSPS) is 16.2. The highest BCUT2D eigenvalue weighted by Crippen LogP contribution is 2.29. The van der Waals surface area contributed by atoms with Gasteiger partial charge in [0.25, 0.3) is 0 Å². The molecule has 11 heteroatoms. The molecule has 4 N–H and O–H groups in total. The van der Waals surface area contributed by atoms with Crippen molar-refractivity contribution in [2.24, 2.45) is 5.14 Å². The van der Waals surface area contributed by atoms with E-state index in [9.17, 15) is 18.0 Å². The molecule has 9 nitrogen and oxygen atoms in total. The van der Waals surface area contributed by atoms with Gasteiger partial charge in [-0.15, -0.1) is 0 Å². The molecule has 1 saturated carbocycles. The van der Waals surface area contributed by atoms with Crippen LogP contribution in [0.25, 0.3) is 11.0 Å². The summed E-state index contributed by atoms with van der Waals surface area (Å²) in [5.74, 6) is -0.404. The predicted molar refractivity (Wildman–Crippen MR) is 120 cm³/mol. The van der Waals surface area contributed by atoms with Crippen molar-refractivity contribution in [1.29, 1.82) is 0 Å². The number of hydrogen-bond donors (Lipinski definition) is 3. The maximum Gasteiger partial charge on any atom is 0.321 e. The Labute approximate surface area is 186 Å². The lowest BCUT2D eigenvalue weighted by atomic mass is 9.96. The van der Waals surface area contributed by atoms with Crippen LogP contribution in [0, 0.1) is 0 Å². The van der Waals surface area contributed by atoms with Crippen LogP contribution in [0.5, 0.6) is 0 Å². The number of carbonyl (C=O) groups excluding carboxylic acids is 2. The van der Waals surface area contributed by atoms with Crippen LogP contribution < -0.4 is 15.8 Å². The third-order valence-corrected chi connectivity index (χ3v) is 7.29. The first-order chi connectivity index (χ1) is 14.7. The first kappa shape index (κ1) is 23.6. The van der Waals surface area contributed by atoms with Crippen LogP contribution in [-0.2, 0) is 21.4 Å². The number of urea groups is 1. The Morgan fingerprint density at radius 2 is 2.00 bits per heavy atom. The molecule has 1 fully saturated rings. The number of nitrogens with zero attached hydrogens (tertiary/aromatic N) is 2. The highest BCUT2D eigenvalue weighted by Gasteiger charge is 2.23. The molecule has 1 aliphatic carbocycles. The molecule has 2 aromatic rings. The Morgan fingerprint density at radius 1 is 1.29 bits per heavy atom. The summed E-state index contributed by atoms with van der Waals surface area (Å²) >= 11 is 1.22. The topological polar surface area (TPSA) is 136 Å². The van der Waals surface area contributed by atoms with E-state index in [1.165, 1.54) is 30.3 Å². The van der Waals surface area contributed by atoms with Gasteiger partial charge in [0.2, 0.25) is 15.9 Å². The minimum Gasteiger partial charge on any atom is -0.335 e. The zero-order valence-electron chi connectivity index (χ0n) is 17.8. The summed E-state index contributed by atoms with van der Waals surface area (Å²) in [5.41, 5.74) is 1.25. The number of aromatic nitrogens is 2. The van der Waals surface area contributed by atoms with Gasteiger partial charge >= 0.3 is 6.03 Å². The van der Waals surface area contributed by atoms with Crippen LogP contribution in [0.15, 0.2) is 28.3 Å². The fourth-order valence-corrected chi connectivity index (χ4v) is 5.17. The first-order valence-corrected chi connectivity index (χ1v) is 12.9. The zero-order valence-corrected chi connectivity index (χ0v) is 19.4. The number of imidazole rings is 1. The van der Waals surface area contributed by atoms with E-state index in [-0.39, 0.29) is 10.9 Å². The number of sulfonamides is 1. The lowest BCUT2D eigenvalue weighted by Crippen LogP contribution is -2.47. The standard InChI is InChI=1S/C20H29N5O4S2/c1-3-11-25-17-10-9-15(31(21,28)29)12-16(17)23-20(25)30-13(2)18(26)24-19(27)22-14-7-5-4-6-8-14/h9-10,12-14H,3-8,11H2,1-2H3,(H2,21,28,29)(H2,22,24,26,27). The number of fused-ring (bicyclic) bond motifs is 1. The second-order valence-electron chi connectivity index (χ2n) is 7.80. The third kappa shape index (κ3) is 5.98. The molecule has 3 amide bonds. The fraction of sp³-hybridized carbons (Fsp3) is 0.550. The molecule has 0 spiro atoms. The molecule has 0 bridgehead atoms. The Kier molecular flexibility index (Phi) is 7.60. The Bertz CT molecular complexity index is 1060. The number of thioether (sulfide) groups is 1. The molecular formula is C20H29N5O4S2. The van der Waals surface area contributed by atoms with E-state index in [1.54, 1.807) is 13.0 Å². The number of benzene rings is 1. The summed E-state index contributed by atoms with van der Waals surface area (Å²) in [6, 6.07) is 4.20. The average Bonchev–Trinajstić information content (AvgIpc) is 3.04. The van der Waals surface area contributed by atoms with Crippen molar-refractivity contribution in [1.82, 2.24) is 20.2 Å². The highest BCUT2D eigenvalue weighted by atomic mass is 32.2. The summed E-state index contributed by atoms with van der Waals surface area (Å²) in [5, 5.41) is 10.5. The van der Waals surface area contributed by atoms with E-state index >= 15 is 0 Å². The van der Waals surface area contributed by atoms with Crippen molar-refractivity contribution < 1.29 is 18.0 Å². The quantitative estimate of drug-likeness (QED) is 0.536. The Hall–Kier alpha value is -2.11. The van der Waals surface area contributed by atoms with Crippen molar-refractivity contribution in [2.45, 2.75) is 80.3 Å². The zero-order chi connectivity index (χ0) is 22.6. The molecule has 1 atom stereocenters. The number of aryl methyl sites for hydroxylation is 1. The summed E-state index contributed by atoms with van der Waals surface area (Å²) in [4.78, 5) is 29.2. The van der Waals surface area contributed by atoms with Crippen molar-refractivity contribution in [2.75, 3.05) is 0 Å². The molecule has 0 radical (unpaired) electrons.